The minimum absolute atomic E-state index is 0.00207. The van der Waals surface area contributed by atoms with Gasteiger partial charge in [-0.05, 0) is 77.6 Å². The van der Waals surface area contributed by atoms with Gasteiger partial charge in [0.1, 0.15) is 18.1 Å². The molecule has 6 amide bonds. The summed E-state index contributed by atoms with van der Waals surface area (Å²) in [5.74, 6) is -10.2. The fraction of sp³-hybridized carbons (Fsp3) is 0.528. The molecule has 0 bridgehead atoms. The lowest BCUT2D eigenvalue weighted by Gasteiger charge is -2.33. The molecular weight excluding hydrogens is 1050 g/mol. The van der Waals surface area contributed by atoms with E-state index in [1.165, 1.54) is 0 Å². The van der Waals surface area contributed by atoms with Crippen LogP contribution in [0.25, 0.3) is 21.5 Å². The second kappa shape index (κ2) is 31.5. The van der Waals surface area contributed by atoms with Crippen molar-refractivity contribution in [1.82, 2.24) is 51.5 Å². The van der Waals surface area contributed by atoms with Gasteiger partial charge >= 0.3 is 41.8 Å². The highest BCUT2D eigenvalue weighted by atomic mass is 16.4. The number of aliphatic carboxylic acids is 6. The molecule has 3 aromatic rings. The SMILES string of the molecule is O=C(O)CCC[C@H](NC(=O)N[C@@H](CNC(=O)CNC(=O)[C@H](Cc1c2ccccc2cc2ccccc12)NC(=O)C1CCC(CNC(=O)CN2CCN(CC(=O)O)CCN(CC(=O)O)CCN(CC(=O)O)CC2)CC1)C(=O)O)C(=O)O. The zero-order chi connectivity index (χ0) is 58.3. The Morgan fingerprint density at radius 2 is 0.988 bits per heavy atom. The maximum absolute atomic E-state index is 14.1. The Hall–Kier alpha value is -8.01. The number of nitrogens with zero attached hydrogens (tertiary/aromatic N) is 4. The zero-order valence-electron chi connectivity index (χ0n) is 44.3. The summed E-state index contributed by atoms with van der Waals surface area (Å²) in [5.41, 5.74) is 0.760. The van der Waals surface area contributed by atoms with Gasteiger partial charge in [0, 0.05) is 84.2 Å². The molecule has 1 aliphatic carbocycles. The second-order valence-electron chi connectivity index (χ2n) is 20.1. The Bertz CT molecular complexity index is 2620. The van der Waals surface area contributed by atoms with E-state index in [2.05, 4.69) is 31.9 Å². The average molecular weight is 1120 g/mol. The first-order valence-electron chi connectivity index (χ1n) is 26.4. The number of benzene rings is 3. The van der Waals surface area contributed by atoms with Gasteiger partial charge in [0.05, 0.1) is 32.7 Å². The number of hydrogen-bond acceptors (Lipinski definition) is 15. The van der Waals surface area contributed by atoms with Crippen molar-refractivity contribution in [3.8, 4) is 0 Å². The van der Waals surface area contributed by atoms with Crippen LogP contribution in [-0.2, 0) is 54.4 Å². The van der Waals surface area contributed by atoms with E-state index in [9.17, 15) is 78.3 Å². The lowest BCUT2D eigenvalue weighted by molar-refractivity contribution is -0.141. The molecule has 1 saturated carbocycles. The molecule has 27 nitrogen and oxygen atoms in total. The van der Waals surface area contributed by atoms with Gasteiger partial charge in [-0.25, -0.2) is 14.4 Å². The van der Waals surface area contributed by atoms with Gasteiger partial charge in [-0.15, -0.1) is 0 Å². The topological polar surface area (TPSA) is 394 Å². The summed E-state index contributed by atoms with van der Waals surface area (Å²) in [4.78, 5) is 144. The van der Waals surface area contributed by atoms with Crippen molar-refractivity contribution in [2.45, 2.75) is 69.5 Å². The van der Waals surface area contributed by atoms with E-state index >= 15 is 0 Å². The lowest BCUT2D eigenvalue weighted by atomic mass is 9.81. The van der Waals surface area contributed by atoms with Crippen LogP contribution in [0.4, 0.5) is 4.79 Å². The van der Waals surface area contributed by atoms with Crippen LogP contribution in [0.1, 0.15) is 50.5 Å². The maximum atomic E-state index is 14.1. The van der Waals surface area contributed by atoms with Crippen molar-refractivity contribution in [3.05, 3.63) is 60.2 Å². The molecule has 5 rings (SSSR count). The highest BCUT2D eigenvalue weighted by molar-refractivity contribution is 6.03. The molecule has 80 heavy (non-hydrogen) atoms. The molecule has 0 aromatic heterocycles. The van der Waals surface area contributed by atoms with Gasteiger partial charge in [-0.3, -0.25) is 58.0 Å². The number of urea groups is 1. The molecule has 12 N–H and O–H groups in total. The highest BCUT2D eigenvalue weighted by Crippen LogP contribution is 2.31. The molecule has 2 aliphatic rings. The summed E-state index contributed by atoms with van der Waals surface area (Å²) in [6.45, 7) is -0.00154. The van der Waals surface area contributed by atoms with E-state index in [4.69, 9.17) is 5.11 Å². The quantitative estimate of drug-likeness (QED) is 0.0412. The summed E-state index contributed by atoms with van der Waals surface area (Å²) in [5, 5.41) is 75.0. The number of carboxylic acid groups (broad SMARTS) is 6. The van der Waals surface area contributed by atoms with Crippen LogP contribution in [0.2, 0.25) is 0 Å². The molecule has 1 aliphatic heterocycles. The van der Waals surface area contributed by atoms with E-state index in [-0.39, 0.29) is 116 Å². The molecule has 3 aromatic carbocycles. The summed E-state index contributed by atoms with van der Waals surface area (Å²) in [7, 11) is 0. The summed E-state index contributed by atoms with van der Waals surface area (Å²) < 4.78 is 0. The number of amides is 6. The van der Waals surface area contributed by atoms with Gasteiger partial charge in [0.25, 0.3) is 0 Å². The molecule has 1 heterocycles. The van der Waals surface area contributed by atoms with Crippen LogP contribution in [0.3, 0.4) is 0 Å². The van der Waals surface area contributed by atoms with Gasteiger partial charge in [-0.1, -0.05) is 48.5 Å². The van der Waals surface area contributed by atoms with Crippen molar-refractivity contribution in [1.29, 1.82) is 0 Å². The number of fused-ring (bicyclic) bond motifs is 2. The molecule has 1 saturated heterocycles. The normalized spacial score (nSPS) is 18.2. The van der Waals surface area contributed by atoms with Crippen LogP contribution in [0.15, 0.2) is 54.6 Å². The van der Waals surface area contributed by atoms with E-state index in [0.717, 1.165) is 27.1 Å². The molecule has 436 valence electrons. The Labute approximate surface area is 460 Å². The first kappa shape index (κ1) is 62.8. The molecule has 3 atom stereocenters. The van der Waals surface area contributed by atoms with Crippen molar-refractivity contribution >= 4 is 87.0 Å². The van der Waals surface area contributed by atoms with Crippen molar-refractivity contribution < 1.29 is 83.4 Å². The van der Waals surface area contributed by atoms with Crippen LogP contribution in [0.5, 0.6) is 0 Å². The molecule has 0 radical (unpaired) electrons. The predicted molar refractivity (Wildman–Crippen MR) is 286 cm³/mol. The number of carbonyl (C=O) groups is 11. The zero-order valence-corrected chi connectivity index (χ0v) is 44.3. The Morgan fingerprint density at radius 3 is 1.46 bits per heavy atom. The molecule has 0 unspecified atom stereocenters. The summed E-state index contributed by atoms with van der Waals surface area (Å²) >= 11 is 0. The molecule has 0 spiro atoms. The third kappa shape index (κ3) is 21.3. The fourth-order valence-electron chi connectivity index (χ4n) is 9.80. The third-order valence-electron chi connectivity index (χ3n) is 14.1. The Balaban J connectivity index is 1.19. The number of carboxylic acids is 6. The van der Waals surface area contributed by atoms with Gasteiger partial charge < -0.3 is 62.5 Å². The summed E-state index contributed by atoms with van der Waals surface area (Å²) in [6, 6.07) is 11.5. The van der Waals surface area contributed by atoms with Crippen LogP contribution >= 0.6 is 0 Å². The lowest BCUT2D eigenvalue weighted by Crippen LogP contribution is -2.55. The van der Waals surface area contributed by atoms with Gasteiger partial charge in [0.2, 0.25) is 23.6 Å². The highest BCUT2D eigenvalue weighted by Gasteiger charge is 2.32. The molecular formula is C53H72N10O17. The minimum atomic E-state index is -1.75. The van der Waals surface area contributed by atoms with Gasteiger partial charge in [-0.2, -0.15) is 0 Å². The Morgan fingerprint density at radius 1 is 0.512 bits per heavy atom. The third-order valence-corrected chi connectivity index (χ3v) is 14.1. The number of carbonyl (C=O) groups excluding carboxylic acids is 5. The van der Waals surface area contributed by atoms with Crippen molar-refractivity contribution in [2.24, 2.45) is 11.8 Å². The molecule has 27 heteroatoms. The van der Waals surface area contributed by atoms with E-state index in [0.29, 0.717) is 32.2 Å². The van der Waals surface area contributed by atoms with Crippen LogP contribution in [0, 0.1) is 11.8 Å². The first-order valence-corrected chi connectivity index (χ1v) is 26.4. The number of hydrogen-bond donors (Lipinski definition) is 12. The number of rotatable bonds is 27. The second-order valence-corrected chi connectivity index (χ2v) is 20.1. The first-order chi connectivity index (χ1) is 38.1. The monoisotopic (exact) mass is 1120 g/mol. The van der Waals surface area contributed by atoms with Crippen molar-refractivity contribution in [2.75, 3.05) is 98.2 Å². The maximum Gasteiger partial charge on any atom is 0.328 e. The smallest absolute Gasteiger partial charge is 0.328 e. The van der Waals surface area contributed by atoms with E-state index in [1.54, 1.807) is 14.7 Å². The Kier molecular flexibility index (Phi) is 24.8. The standard InChI is InChI=1S/C53H72N10O17/c64-43(55-27-42(52(78)79)59-53(80)58-40(51(76)77)10-5-11-45(66)67)28-56-50(75)41(25-39-37-8-3-1-6-35(37)24-36-7-2-4-9-38(36)39)57-49(74)34-14-12-33(13-15-34)26-54-44(65)29-60-16-18-61(30-46(68)69)20-22-63(32-48(72)73)23-21-62(19-17-60)31-47(70)71/h1-4,6-9,24,33-34,40-42H,5,10-23,25-32H2,(H,54,65)(H,55,64)(H,56,75)(H,57,74)(H,66,67)(H,68,69)(H,70,71)(H,72,73)(H,76,77)(H,78,79)(H2,58,59,80)/t33?,34?,40-,41-,42-/m0/s1. The van der Waals surface area contributed by atoms with E-state index < -0.39 is 96.7 Å². The number of nitrogens with one attached hydrogen (secondary N) is 6. The van der Waals surface area contributed by atoms with Crippen LogP contribution in [-0.4, -0.2) is 232 Å². The largest absolute Gasteiger partial charge is 0.481 e. The van der Waals surface area contributed by atoms with Gasteiger partial charge in [0.15, 0.2) is 0 Å². The van der Waals surface area contributed by atoms with Crippen molar-refractivity contribution in [3.63, 3.8) is 0 Å². The van der Waals surface area contributed by atoms with E-state index in [1.807, 2.05) is 59.5 Å². The predicted octanol–water partition coefficient (Wildman–Crippen LogP) is -0.889. The van der Waals surface area contributed by atoms with Crippen LogP contribution < -0.4 is 31.9 Å². The minimum Gasteiger partial charge on any atom is -0.481 e. The fourth-order valence-corrected chi connectivity index (χ4v) is 9.80. The summed E-state index contributed by atoms with van der Waals surface area (Å²) in [6.07, 6.45) is 1.27. The molecule has 2 fully saturated rings. The average Bonchev–Trinajstić information content (AvgIpc) is 3.44.